The predicted molar refractivity (Wildman–Crippen MR) is 46.7 cm³/mol. The van der Waals surface area contributed by atoms with E-state index in [9.17, 15) is 4.79 Å². The lowest BCUT2D eigenvalue weighted by Gasteiger charge is -2.05. The van der Waals surface area contributed by atoms with Gasteiger partial charge in [0.25, 0.3) is 0 Å². The van der Waals surface area contributed by atoms with E-state index in [1.807, 2.05) is 6.92 Å². The average molecular weight is 183 g/mol. The van der Waals surface area contributed by atoms with Crippen LogP contribution >= 0.6 is 0 Å². The Bertz CT molecular complexity index is 295. The van der Waals surface area contributed by atoms with E-state index < -0.39 is 5.97 Å². The summed E-state index contributed by atoms with van der Waals surface area (Å²) in [6, 6.07) is 0. The van der Waals surface area contributed by atoms with Gasteiger partial charge in [0.15, 0.2) is 5.69 Å². The van der Waals surface area contributed by atoms with Crippen molar-refractivity contribution in [3.8, 4) is 0 Å². The van der Waals surface area contributed by atoms with E-state index in [2.05, 4.69) is 22.3 Å². The summed E-state index contributed by atoms with van der Waals surface area (Å²) in [6.45, 7) is 4.00. The highest BCUT2D eigenvalue weighted by Gasteiger charge is 2.19. The van der Waals surface area contributed by atoms with Crippen LogP contribution in [0.5, 0.6) is 0 Å². The summed E-state index contributed by atoms with van der Waals surface area (Å²) < 4.78 is 0. The van der Waals surface area contributed by atoms with Crippen LogP contribution in [-0.2, 0) is 0 Å². The van der Waals surface area contributed by atoms with Gasteiger partial charge in [0.2, 0.25) is 0 Å². The third-order valence-electron chi connectivity index (χ3n) is 1.97. The zero-order valence-electron chi connectivity index (χ0n) is 7.74. The third-order valence-corrected chi connectivity index (χ3v) is 1.97. The SMILES string of the molecule is CCCC(C)c1n[nH]nc1C(=O)O. The van der Waals surface area contributed by atoms with Gasteiger partial charge in [0.05, 0.1) is 0 Å². The van der Waals surface area contributed by atoms with Gasteiger partial charge in [0.1, 0.15) is 5.69 Å². The molecular weight excluding hydrogens is 170 g/mol. The molecule has 1 atom stereocenters. The van der Waals surface area contributed by atoms with Gasteiger partial charge in [-0.3, -0.25) is 0 Å². The van der Waals surface area contributed by atoms with Crippen molar-refractivity contribution in [2.24, 2.45) is 0 Å². The van der Waals surface area contributed by atoms with E-state index in [0.717, 1.165) is 12.8 Å². The van der Waals surface area contributed by atoms with Crippen LogP contribution in [0.3, 0.4) is 0 Å². The van der Waals surface area contributed by atoms with Crippen LogP contribution in [-0.4, -0.2) is 26.5 Å². The Kier molecular flexibility index (Phi) is 3.00. The van der Waals surface area contributed by atoms with Crippen LogP contribution in [0.2, 0.25) is 0 Å². The van der Waals surface area contributed by atoms with Gasteiger partial charge in [0, 0.05) is 5.92 Å². The van der Waals surface area contributed by atoms with Crippen molar-refractivity contribution < 1.29 is 9.90 Å². The minimum atomic E-state index is -1.02. The van der Waals surface area contributed by atoms with Gasteiger partial charge in [-0.05, 0) is 6.42 Å². The highest BCUT2D eigenvalue weighted by atomic mass is 16.4. The first-order chi connectivity index (χ1) is 6.16. The summed E-state index contributed by atoms with van der Waals surface area (Å²) in [7, 11) is 0. The van der Waals surface area contributed by atoms with Crippen molar-refractivity contribution in [3.63, 3.8) is 0 Å². The average Bonchev–Trinajstić information content (AvgIpc) is 2.52. The zero-order valence-corrected chi connectivity index (χ0v) is 7.74. The first kappa shape index (κ1) is 9.70. The maximum absolute atomic E-state index is 10.7. The van der Waals surface area contributed by atoms with E-state index in [0.29, 0.717) is 5.69 Å². The molecule has 13 heavy (non-hydrogen) atoms. The Hall–Kier alpha value is -1.39. The molecule has 0 radical (unpaired) electrons. The monoisotopic (exact) mass is 183 g/mol. The van der Waals surface area contributed by atoms with Gasteiger partial charge < -0.3 is 5.11 Å². The van der Waals surface area contributed by atoms with Crippen molar-refractivity contribution in [3.05, 3.63) is 11.4 Å². The number of hydrogen-bond donors (Lipinski definition) is 2. The van der Waals surface area contributed by atoms with E-state index in [4.69, 9.17) is 5.11 Å². The van der Waals surface area contributed by atoms with Gasteiger partial charge in [-0.2, -0.15) is 10.3 Å². The molecule has 1 heterocycles. The first-order valence-electron chi connectivity index (χ1n) is 4.30. The lowest BCUT2D eigenvalue weighted by molar-refractivity contribution is 0.0688. The number of nitrogens with zero attached hydrogens (tertiary/aromatic N) is 2. The molecule has 1 rings (SSSR count). The number of aromatic carboxylic acids is 1. The fraction of sp³-hybridized carbons (Fsp3) is 0.625. The minimum Gasteiger partial charge on any atom is -0.476 e. The number of aromatic amines is 1. The number of carboxylic acid groups (broad SMARTS) is 1. The van der Waals surface area contributed by atoms with Gasteiger partial charge in [-0.1, -0.05) is 20.3 Å². The van der Waals surface area contributed by atoms with Crippen LogP contribution < -0.4 is 0 Å². The molecule has 0 fully saturated rings. The highest BCUT2D eigenvalue weighted by molar-refractivity contribution is 5.86. The van der Waals surface area contributed by atoms with Gasteiger partial charge in [-0.15, -0.1) is 5.10 Å². The molecule has 0 aliphatic heterocycles. The van der Waals surface area contributed by atoms with Crippen LogP contribution in [0.15, 0.2) is 0 Å². The molecule has 0 bridgehead atoms. The van der Waals surface area contributed by atoms with E-state index >= 15 is 0 Å². The molecule has 2 N–H and O–H groups in total. The van der Waals surface area contributed by atoms with Crippen molar-refractivity contribution in [1.82, 2.24) is 15.4 Å². The molecule has 0 amide bonds. The highest BCUT2D eigenvalue weighted by Crippen LogP contribution is 2.20. The second-order valence-electron chi connectivity index (χ2n) is 3.05. The van der Waals surface area contributed by atoms with Crippen LogP contribution in [0.1, 0.15) is 48.8 Å². The summed E-state index contributed by atoms with van der Waals surface area (Å²) >= 11 is 0. The van der Waals surface area contributed by atoms with Crippen LogP contribution in [0.4, 0.5) is 0 Å². The topological polar surface area (TPSA) is 78.9 Å². The number of carboxylic acids is 1. The summed E-state index contributed by atoms with van der Waals surface area (Å²) in [5.74, 6) is -0.874. The summed E-state index contributed by atoms with van der Waals surface area (Å²) in [5, 5.41) is 18.5. The Morgan fingerprint density at radius 3 is 2.85 bits per heavy atom. The summed E-state index contributed by atoms with van der Waals surface area (Å²) in [4.78, 5) is 10.7. The minimum absolute atomic E-state index is 0.0425. The molecule has 1 aromatic rings. The molecule has 0 aliphatic rings. The molecule has 0 saturated carbocycles. The molecule has 0 saturated heterocycles. The standard InChI is InChI=1S/C8H13N3O2/c1-3-4-5(2)6-7(8(12)13)10-11-9-6/h5H,3-4H2,1-2H3,(H,12,13)(H,9,10,11). The molecule has 5 nitrogen and oxygen atoms in total. The number of H-pyrrole nitrogens is 1. The number of hydrogen-bond acceptors (Lipinski definition) is 3. The molecule has 5 heteroatoms. The molecule has 72 valence electrons. The molecule has 0 spiro atoms. The van der Waals surface area contributed by atoms with Crippen molar-refractivity contribution in [1.29, 1.82) is 0 Å². The quantitative estimate of drug-likeness (QED) is 0.739. The Balaban J connectivity index is 2.86. The number of rotatable bonds is 4. The fourth-order valence-corrected chi connectivity index (χ4v) is 1.31. The number of carbonyl (C=O) groups is 1. The van der Waals surface area contributed by atoms with Crippen molar-refractivity contribution >= 4 is 5.97 Å². The summed E-state index contributed by atoms with van der Waals surface area (Å²) in [5.41, 5.74) is 0.593. The molecule has 0 aliphatic carbocycles. The van der Waals surface area contributed by atoms with E-state index in [1.54, 1.807) is 0 Å². The van der Waals surface area contributed by atoms with Crippen LogP contribution in [0.25, 0.3) is 0 Å². The third kappa shape index (κ3) is 2.05. The van der Waals surface area contributed by atoms with E-state index in [1.165, 1.54) is 0 Å². The van der Waals surface area contributed by atoms with Crippen molar-refractivity contribution in [2.45, 2.75) is 32.6 Å². The molecule has 1 unspecified atom stereocenters. The fourth-order valence-electron chi connectivity index (χ4n) is 1.31. The lowest BCUT2D eigenvalue weighted by Crippen LogP contribution is -2.04. The van der Waals surface area contributed by atoms with Gasteiger partial charge >= 0.3 is 5.97 Å². The Morgan fingerprint density at radius 2 is 2.31 bits per heavy atom. The van der Waals surface area contributed by atoms with Crippen molar-refractivity contribution in [2.75, 3.05) is 0 Å². The zero-order chi connectivity index (χ0) is 9.84. The molecule has 0 aromatic carbocycles. The Morgan fingerprint density at radius 1 is 1.62 bits per heavy atom. The summed E-state index contributed by atoms with van der Waals surface area (Å²) in [6.07, 6.45) is 1.93. The molecule has 1 aromatic heterocycles. The number of aromatic nitrogens is 3. The first-order valence-corrected chi connectivity index (χ1v) is 4.30. The second kappa shape index (κ2) is 4.02. The maximum atomic E-state index is 10.7. The largest absolute Gasteiger partial charge is 0.476 e. The number of nitrogens with one attached hydrogen (secondary N) is 1. The molecular formula is C8H13N3O2. The van der Waals surface area contributed by atoms with Gasteiger partial charge in [-0.25, -0.2) is 4.79 Å². The normalized spacial score (nSPS) is 12.8. The predicted octanol–water partition coefficient (Wildman–Crippen LogP) is 1.41. The maximum Gasteiger partial charge on any atom is 0.358 e. The van der Waals surface area contributed by atoms with E-state index in [-0.39, 0.29) is 11.6 Å². The smallest absolute Gasteiger partial charge is 0.358 e. The van der Waals surface area contributed by atoms with Crippen LogP contribution in [0, 0.1) is 0 Å². The lowest BCUT2D eigenvalue weighted by atomic mass is 10.0. The Labute approximate surface area is 76.2 Å². The second-order valence-corrected chi connectivity index (χ2v) is 3.05.